The molecule has 18 heavy (non-hydrogen) atoms. The molecule has 4 heteroatoms. The van der Waals surface area contributed by atoms with Crippen molar-refractivity contribution in [3.8, 4) is 0 Å². The number of amides is 1. The Bertz CT molecular complexity index is 420. The molecule has 0 radical (unpaired) electrons. The van der Waals surface area contributed by atoms with Gasteiger partial charge in [0.1, 0.15) is 0 Å². The van der Waals surface area contributed by atoms with Crippen LogP contribution in [0.15, 0.2) is 24.3 Å². The standard InChI is InChI=1S/C14H20N2O2/c1-10-6-15-8-13(10)14(18)16-7-11-3-2-4-12(5-11)9-17/h2-5,10,13,15,17H,6-9H2,1H3,(H,16,18)/t10-,13-/m1/s1. The lowest BCUT2D eigenvalue weighted by molar-refractivity contribution is -0.125. The van der Waals surface area contributed by atoms with E-state index in [-0.39, 0.29) is 18.4 Å². The van der Waals surface area contributed by atoms with Gasteiger partial charge in [0.2, 0.25) is 5.91 Å². The first-order chi connectivity index (χ1) is 8.70. The molecule has 1 aromatic carbocycles. The molecule has 1 heterocycles. The van der Waals surface area contributed by atoms with E-state index in [2.05, 4.69) is 17.6 Å². The summed E-state index contributed by atoms with van der Waals surface area (Å²) in [6.07, 6.45) is 0. The summed E-state index contributed by atoms with van der Waals surface area (Å²) in [5, 5.41) is 15.2. The van der Waals surface area contributed by atoms with E-state index in [0.29, 0.717) is 12.5 Å². The monoisotopic (exact) mass is 248 g/mol. The van der Waals surface area contributed by atoms with Gasteiger partial charge in [0.15, 0.2) is 0 Å². The average molecular weight is 248 g/mol. The van der Waals surface area contributed by atoms with Crippen molar-refractivity contribution in [2.24, 2.45) is 11.8 Å². The highest BCUT2D eigenvalue weighted by Gasteiger charge is 2.29. The highest BCUT2D eigenvalue weighted by molar-refractivity contribution is 5.79. The van der Waals surface area contributed by atoms with Crippen LogP contribution in [0.3, 0.4) is 0 Å². The third-order valence-corrected chi connectivity index (χ3v) is 3.49. The Morgan fingerprint density at radius 1 is 1.44 bits per heavy atom. The Balaban J connectivity index is 1.88. The maximum Gasteiger partial charge on any atom is 0.224 e. The van der Waals surface area contributed by atoms with Crippen molar-refractivity contribution in [1.82, 2.24) is 10.6 Å². The third kappa shape index (κ3) is 3.09. The molecular weight excluding hydrogens is 228 g/mol. The molecule has 1 aliphatic rings. The second kappa shape index (κ2) is 5.98. The summed E-state index contributed by atoms with van der Waals surface area (Å²) in [5.41, 5.74) is 1.89. The van der Waals surface area contributed by atoms with E-state index in [4.69, 9.17) is 5.11 Å². The number of rotatable bonds is 4. The van der Waals surface area contributed by atoms with Crippen molar-refractivity contribution in [2.75, 3.05) is 13.1 Å². The van der Waals surface area contributed by atoms with Crippen molar-refractivity contribution < 1.29 is 9.90 Å². The van der Waals surface area contributed by atoms with E-state index in [0.717, 1.165) is 24.2 Å². The van der Waals surface area contributed by atoms with Gasteiger partial charge in [-0.15, -0.1) is 0 Å². The molecule has 4 nitrogen and oxygen atoms in total. The molecule has 1 aromatic rings. The second-order valence-corrected chi connectivity index (χ2v) is 4.94. The van der Waals surface area contributed by atoms with Crippen molar-refractivity contribution in [2.45, 2.75) is 20.1 Å². The predicted molar refractivity (Wildman–Crippen MR) is 69.7 cm³/mol. The number of benzene rings is 1. The Kier molecular flexibility index (Phi) is 4.33. The van der Waals surface area contributed by atoms with E-state index in [9.17, 15) is 4.79 Å². The molecule has 1 saturated heterocycles. The fraction of sp³-hybridized carbons (Fsp3) is 0.500. The van der Waals surface area contributed by atoms with E-state index in [1.807, 2.05) is 24.3 Å². The quantitative estimate of drug-likeness (QED) is 0.733. The predicted octanol–water partition coefficient (Wildman–Crippen LogP) is 0.651. The highest BCUT2D eigenvalue weighted by atomic mass is 16.3. The van der Waals surface area contributed by atoms with Gasteiger partial charge in [-0.3, -0.25) is 4.79 Å². The molecule has 0 bridgehead atoms. The van der Waals surface area contributed by atoms with E-state index in [1.54, 1.807) is 0 Å². The first kappa shape index (κ1) is 13.1. The minimum Gasteiger partial charge on any atom is -0.392 e. The second-order valence-electron chi connectivity index (χ2n) is 4.94. The number of hydrogen-bond donors (Lipinski definition) is 3. The van der Waals surface area contributed by atoms with Crippen LogP contribution >= 0.6 is 0 Å². The first-order valence-electron chi connectivity index (χ1n) is 6.38. The molecule has 1 amide bonds. The van der Waals surface area contributed by atoms with Crippen LogP contribution in [0.4, 0.5) is 0 Å². The Morgan fingerprint density at radius 2 is 2.22 bits per heavy atom. The normalized spacial score (nSPS) is 23.0. The van der Waals surface area contributed by atoms with Gasteiger partial charge >= 0.3 is 0 Å². The summed E-state index contributed by atoms with van der Waals surface area (Å²) in [4.78, 5) is 12.0. The number of carbonyl (C=O) groups is 1. The van der Waals surface area contributed by atoms with Crippen LogP contribution in [-0.2, 0) is 17.9 Å². The first-order valence-corrected chi connectivity index (χ1v) is 6.38. The van der Waals surface area contributed by atoms with Crippen LogP contribution in [0, 0.1) is 11.8 Å². The van der Waals surface area contributed by atoms with Crippen LogP contribution in [-0.4, -0.2) is 24.1 Å². The van der Waals surface area contributed by atoms with Gasteiger partial charge in [-0.25, -0.2) is 0 Å². The molecule has 0 unspecified atom stereocenters. The summed E-state index contributed by atoms with van der Waals surface area (Å²) >= 11 is 0. The van der Waals surface area contributed by atoms with Crippen molar-refractivity contribution in [3.63, 3.8) is 0 Å². The van der Waals surface area contributed by atoms with Crippen molar-refractivity contribution in [1.29, 1.82) is 0 Å². The summed E-state index contributed by atoms with van der Waals surface area (Å²) in [6, 6.07) is 7.63. The molecule has 98 valence electrons. The maximum atomic E-state index is 12.0. The van der Waals surface area contributed by atoms with Gasteiger partial charge in [0.05, 0.1) is 12.5 Å². The number of aliphatic hydroxyl groups is 1. The topological polar surface area (TPSA) is 61.4 Å². The Morgan fingerprint density at radius 3 is 2.89 bits per heavy atom. The highest BCUT2D eigenvalue weighted by Crippen LogP contribution is 2.16. The number of nitrogens with one attached hydrogen (secondary N) is 2. The van der Waals surface area contributed by atoms with E-state index in [1.165, 1.54) is 0 Å². The van der Waals surface area contributed by atoms with Gasteiger partial charge < -0.3 is 15.7 Å². The fourth-order valence-corrected chi connectivity index (χ4v) is 2.32. The van der Waals surface area contributed by atoms with E-state index < -0.39 is 0 Å². The van der Waals surface area contributed by atoms with Crippen LogP contribution in [0.1, 0.15) is 18.1 Å². The SMILES string of the molecule is C[C@@H]1CNC[C@H]1C(=O)NCc1cccc(CO)c1. The van der Waals surface area contributed by atoms with Crippen molar-refractivity contribution >= 4 is 5.91 Å². The summed E-state index contributed by atoms with van der Waals surface area (Å²) < 4.78 is 0. The summed E-state index contributed by atoms with van der Waals surface area (Å²) in [7, 11) is 0. The molecule has 2 atom stereocenters. The van der Waals surface area contributed by atoms with Crippen molar-refractivity contribution in [3.05, 3.63) is 35.4 Å². The lowest BCUT2D eigenvalue weighted by atomic mass is 9.97. The Hall–Kier alpha value is -1.39. The molecule has 0 spiro atoms. The average Bonchev–Trinajstić information content (AvgIpc) is 2.82. The minimum atomic E-state index is 0.0331. The van der Waals surface area contributed by atoms with Gasteiger partial charge in [0, 0.05) is 13.1 Å². The van der Waals surface area contributed by atoms with Crippen LogP contribution in [0.2, 0.25) is 0 Å². The molecule has 1 aliphatic heterocycles. The van der Waals surface area contributed by atoms with Gasteiger partial charge in [-0.2, -0.15) is 0 Å². The fourth-order valence-electron chi connectivity index (χ4n) is 2.32. The smallest absolute Gasteiger partial charge is 0.224 e. The molecule has 1 fully saturated rings. The number of hydrogen-bond acceptors (Lipinski definition) is 3. The maximum absolute atomic E-state index is 12.0. The summed E-state index contributed by atoms with van der Waals surface area (Å²) in [5.74, 6) is 0.585. The lowest BCUT2D eigenvalue weighted by Gasteiger charge is -2.14. The molecule has 2 rings (SSSR count). The third-order valence-electron chi connectivity index (χ3n) is 3.49. The molecule has 0 aliphatic carbocycles. The van der Waals surface area contributed by atoms with Gasteiger partial charge in [-0.1, -0.05) is 31.2 Å². The molecule has 0 saturated carbocycles. The minimum absolute atomic E-state index is 0.0331. The van der Waals surface area contributed by atoms with Crippen LogP contribution < -0.4 is 10.6 Å². The van der Waals surface area contributed by atoms with E-state index >= 15 is 0 Å². The number of aliphatic hydroxyl groups excluding tert-OH is 1. The van der Waals surface area contributed by atoms with Gasteiger partial charge in [0.25, 0.3) is 0 Å². The zero-order valence-corrected chi connectivity index (χ0v) is 10.6. The van der Waals surface area contributed by atoms with Crippen LogP contribution in [0.5, 0.6) is 0 Å². The molecule has 3 N–H and O–H groups in total. The zero-order chi connectivity index (χ0) is 13.0. The lowest BCUT2D eigenvalue weighted by Crippen LogP contribution is -2.33. The molecular formula is C14H20N2O2. The van der Waals surface area contributed by atoms with Gasteiger partial charge in [-0.05, 0) is 23.6 Å². The largest absolute Gasteiger partial charge is 0.392 e. The summed E-state index contributed by atoms with van der Waals surface area (Å²) in [6.45, 7) is 4.33. The zero-order valence-electron chi connectivity index (χ0n) is 10.6. The Labute approximate surface area is 107 Å². The molecule has 0 aromatic heterocycles. The van der Waals surface area contributed by atoms with Crippen LogP contribution in [0.25, 0.3) is 0 Å². The number of carbonyl (C=O) groups excluding carboxylic acids is 1.